The van der Waals surface area contributed by atoms with Crippen molar-refractivity contribution in [2.45, 2.75) is 26.4 Å². The molecule has 1 atom stereocenters. The molecule has 0 bridgehead atoms. The van der Waals surface area contributed by atoms with Gasteiger partial charge in [0, 0.05) is 24.7 Å². The van der Waals surface area contributed by atoms with Crippen LogP contribution >= 0.6 is 15.9 Å². The van der Waals surface area contributed by atoms with Crippen LogP contribution in [0, 0.1) is 18.8 Å². The third kappa shape index (κ3) is 8.41. The van der Waals surface area contributed by atoms with E-state index in [1.807, 2.05) is 61.5 Å². The van der Waals surface area contributed by atoms with E-state index >= 15 is 0 Å². The van der Waals surface area contributed by atoms with Gasteiger partial charge in [-0.1, -0.05) is 24.0 Å². The third-order valence-electron chi connectivity index (χ3n) is 5.58. The van der Waals surface area contributed by atoms with Crippen molar-refractivity contribution in [3.05, 3.63) is 87.9 Å². The minimum absolute atomic E-state index is 0.281. The summed E-state index contributed by atoms with van der Waals surface area (Å²) in [5, 5.41) is 9.28. The quantitative estimate of drug-likeness (QED) is 0.263. The molecular weight excluding hydrogens is 548 g/mol. The number of rotatable bonds is 11. The van der Waals surface area contributed by atoms with Crippen LogP contribution in [0.2, 0.25) is 0 Å². The van der Waals surface area contributed by atoms with Crippen LogP contribution in [0.1, 0.15) is 23.6 Å². The van der Waals surface area contributed by atoms with Gasteiger partial charge >= 0.3 is 5.97 Å². The minimum atomic E-state index is -0.975. The molecule has 0 amide bonds. The van der Waals surface area contributed by atoms with Crippen LogP contribution in [0.5, 0.6) is 17.2 Å². The molecule has 0 saturated carbocycles. The van der Waals surface area contributed by atoms with Gasteiger partial charge in [-0.25, -0.2) is 4.79 Å². The van der Waals surface area contributed by atoms with Crippen molar-refractivity contribution in [2.75, 3.05) is 27.4 Å². The Balaban J connectivity index is 1.63. The van der Waals surface area contributed by atoms with Crippen molar-refractivity contribution >= 4 is 21.9 Å². The zero-order valence-electron chi connectivity index (χ0n) is 21.9. The fourth-order valence-electron chi connectivity index (χ4n) is 3.79. The first-order valence-electron chi connectivity index (χ1n) is 12.1. The first-order valence-corrected chi connectivity index (χ1v) is 12.9. The van der Waals surface area contributed by atoms with Crippen LogP contribution in [-0.4, -0.2) is 44.6 Å². The smallest absolute Gasteiger partial charge is 0.333 e. The molecule has 38 heavy (non-hydrogen) atoms. The van der Waals surface area contributed by atoms with Crippen molar-refractivity contribution < 1.29 is 28.8 Å². The van der Waals surface area contributed by atoms with E-state index in [0.717, 1.165) is 43.8 Å². The minimum Gasteiger partial charge on any atom is -0.497 e. The normalized spacial score (nSPS) is 11.5. The average Bonchev–Trinajstić information content (AvgIpc) is 2.90. The lowest BCUT2D eigenvalue weighted by Gasteiger charge is -2.13. The van der Waals surface area contributed by atoms with E-state index in [2.05, 4.69) is 33.8 Å². The predicted octanol–water partition coefficient (Wildman–Crippen LogP) is 6.46. The largest absolute Gasteiger partial charge is 0.497 e. The van der Waals surface area contributed by atoms with Crippen molar-refractivity contribution in [2.24, 2.45) is 0 Å². The summed E-state index contributed by atoms with van der Waals surface area (Å²) in [4.78, 5) is 11.3. The van der Waals surface area contributed by atoms with E-state index in [-0.39, 0.29) is 6.42 Å². The van der Waals surface area contributed by atoms with Gasteiger partial charge in [-0.2, -0.15) is 0 Å². The summed E-state index contributed by atoms with van der Waals surface area (Å²) in [6, 6.07) is 17.5. The number of benzene rings is 3. The lowest BCUT2D eigenvalue weighted by atomic mass is 10.00. The summed E-state index contributed by atoms with van der Waals surface area (Å²) < 4.78 is 22.6. The second kappa shape index (κ2) is 14.3. The van der Waals surface area contributed by atoms with Crippen molar-refractivity contribution in [1.82, 2.24) is 0 Å². The first kappa shape index (κ1) is 28.8. The maximum atomic E-state index is 11.3. The lowest BCUT2D eigenvalue weighted by Crippen LogP contribution is -2.26. The van der Waals surface area contributed by atoms with E-state index < -0.39 is 12.1 Å². The van der Waals surface area contributed by atoms with Gasteiger partial charge in [0.1, 0.15) is 23.9 Å². The van der Waals surface area contributed by atoms with Gasteiger partial charge in [-0.15, -0.1) is 0 Å². The molecule has 0 aliphatic heterocycles. The summed E-state index contributed by atoms with van der Waals surface area (Å²) in [6.45, 7) is 4.50. The van der Waals surface area contributed by atoms with Crippen LogP contribution in [0.3, 0.4) is 0 Å². The van der Waals surface area contributed by atoms with E-state index in [4.69, 9.17) is 18.9 Å². The number of aryl methyl sites for hydroxylation is 1. The Kier molecular flexibility index (Phi) is 10.8. The van der Waals surface area contributed by atoms with Crippen molar-refractivity contribution in [3.8, 4) is 40.2 Å². The number of carbonyl (C=O) groups is 1. The summed E-state index contributed by atoms with van der Waals surface area (Å²) in [5.41, 5.74) is 4.87. The number of hydrogen-bond acceptors (Lipinski definition) is 5. The molecule has 3 aromatic rings. The molecule has 1 N–H and O–H groups in total. The molecule has 7 heteroatoms. The van der Waals surface area contributed by atoms with Crippen LogP contribution < -0.4 is 14.2 Å². The Bertz CT molecular complexity index is 1330. The topological polar surface area (TPSA) is 74.2 Å². The standard InChI is InChI=1S/C31H31BrO6/c1-5-37-30(31(33)34)17-23-10-11-29(28(32)16-23)38-12-8-6-7-9-22-13-21(2)14-24(15-22)25-18-26(35-3)20-27(19-25)36-4/h6,8,10-11,13-16,18-20,30H,5,12,17H2,1-4H3,(H,33,34)/t30-/m0/s1. The fraction of sp³-hybridized carbons (Fsp3) is 0.258. The molecule has 198 valence electrons. The average molecular weight is 579 g/mol. The summed E-state index contributed by atoms with van der Waals surface area (Å²) in [7, 11) is 3.27. The Morgan fingerprint density at radius 3 is 2.37 bits per heavy atom. The zero-order valence-corrected chi connectivity index (χ0v) is 23.5. The number of halogens is 1. The second-order valence-electron chi connectivity index (χ2n) is 8.42. The number of ether oxygens (including phenoxy) is 4. The van der Waals surface area contributed by atoms with Gasteiger partial charge in [-0.05, 0) is 101 Å². The van der Waals surface area contributed by atoms with Crippen LogP contribution in [0.4, 0.5) is 0 Å². The van der Waals surface area contributed by atoms with Gasteiger partial charge in [0.2, 0.25) is 0 Å². The number of allylic oxidation sites excluding steroid dienone is 1. The molecular formula is C31H31BrO6. The fourth-order valence-corrected chi connectivity index (χ4v) is 4.33. The number of aliphatic carboxylic acids is 1. The van der Waals surface area contributed by atoms with Gasteiger partial charge in [-0.3, -0.25) is 0 Å². The number of methoxy groups -OCH3 is 2. The van der Waals surface area contributed by atoms with Crippen LogP contribution in [0.25, 0.3) is 11.1 Å². The summed E-state index contributed by atoms with van der Waals surface area (Å²) >= 11 is 3.50. The number of carboxylic acid groups (broad SMARTS) is 1. The molecule has 3 aromatic carbocycles. The first-order chi connectivity index (χ1) is 18.3. The molecule has 6 nitrogen and oxygen atoms in total. The molecule has 0 spiro atoms. The lowest BCUT2D eigenvalue weighted by molar-refractivity contribution is -0.149. The number of hydrogen-bond donors (Lipinski definition) is 1. The highest BCUT2D eigenvalue weighted by molar-refractivity contribution is 9.10. The molecule has 0 aliphatic rings. The Morgan fingerprint density at radius 2 is 1.74 bits per heavy atom. The van der Waals surface area contributed by atoms with Gasteiger partial charge in [0.05, 0.1) is 18.7 Å². The highest BCUT2D eigenvalue weighted by Crippen LogP contribution is 2.31. The van der Waals surface area contributed by atoms with Gasteiger partial charge < -0.3 is 24.1 Å². The predicted molar refractivity (Wildman–Crippen MR) is 152 cm³/mol. The highest BCUT2D eigenvalue weighted by Gasteiger charge is 2.18. The van der Waals surface area contributed by atoms with Crippen LogP contribution in [-0.2, 0) is 16.0 Å². The molecule has 3 rings (SSSR count). The third-order valence-corrected chi connectivity index (χ3v) is 6.20. The maximum absolute atomic E-state index is 11.3. The molecule has 0 heterocycles. The van der Waals surface area contributed by atoms with E-state index in [9.17, 15) is 9.90 Å². The second-order valence-corrected chi connectivity index (χ2v) is 9.28. The monoisotopic (exact) mass is 578 g/mol. The van der Waals surface area contributed by atoms with Crippen LogP contribution in [0.15, 0.2) is 71.2 Å². The van der Waals surface area contributed by atoms with E-state index in [0.29, 0.717) is 19.0 Å². The zero-order chi connectivity index (χ0) is 27.5. The molecule has 0 fully saturated rings. The maximum Gasteiger partial charge on any atom is 0.333 e. The van der Waals surface area contributed by atoms with Crippen molar-refractivity contribution in [1.29, 1.82) is 0 Å². The Hall–Kier alpha value is -3.73. The van der Waals surface area contributed by atoms with E-state index in [1.54, 1.807) is 27.2 Å². The number of carboxylic acids is 1. The Morgan fingerprint density at radius 1 is 1.03 bits per heavy atom. The van der Waals surface area contributed by atoms with Gasteiger partial charge in [0.25, 0.3) is 0 Å². The van der Waals surface area contributed by atoms with Gasteiger partial charge in [0.15, 0.2) is 6.10 Å². The molecule has 0 aliphatic carbocycles. The molecule has 0 aromatic heterocycles. The van der Waals surface area contributed by atoms with Crippen molar-refractivity contribution in [3.63, 3.8) is 0 Å². The molecule has 0 saturated heterocycles. The summed E-state index contributed by atoms with van der Waals surface area (Å²) in [5.74, 6) is 7.39. The molecule has 0 radical (unpaired) electrons. The molecule has 0 unspecified atom stereocenters. The highest BCUT2D eigenvalue weighted by atomic mass is 79.9. The summed E-state index contributed by atoms with van der Waals surface area (Å²) in [6.07, 6.45) is 3.01. The Labute approximate surface area is 232 Å². The van der Waals surface area contributed by atoms with E-state index in [1.165, 1.54) is 0 Å². The SMILES string of the molecule is CCO[C@@H](Cc1ccc(OCC=CC#Cc2cc(C)cc(-c3cc(OC)cc(OC)c3)c2)c(Br)c1)C(=O)O.